The molecule has 1 aromatic carbocycles. The number of amides is 1. The molecule has 1 saturated heterocycles. The first kappa shape index (κ1) is 12.7. The minimum atomic E-state index is -0.00282. The van der Waals surface area contributed by atoms with Gasteiger partial charge < -0.3 is 10.1 Å². The maximum absolute atomic E-state index is 12.6. The number of hydrogen-bond donors (Lipinski definition) is 0. The van der Waals surface area contributed by atoms with E-state index in [4.69, 9.17) is 0 Å². The van der Waals surface area contributed by atoms with E-state index < -0.39 is 0 Å². The molecule has 1 atom stereocenters. The molecule has 1 aliphatic rings. The van der Waals surface area contributed by atoms with Crippen LogP contribution in [0.4, 0.5) is 0 Å². The van der Waals surface area contributed by atoms with E-state index in [9.17, 15) is 10.0 Å². The van der Waals surface area contributed by atoms with Crippen LogP contribution in [0, 0.1) is 5.21 Å². The highest BCUT2D eigenvalue weighted by atomic mass is 16.5. The number of pyridine rings is 1. The van der Waals surface area contributed by atoms with Crippen LogP contribution in [0.25, 0.3) is 0 Å². The SMILES string of the molecule is O=C(c1cc[n+]([O-])cc1)N1CCCC1c1ccccc1. The minimum absolute atomic E-state index is 0.00282. The minimum Gasteiger partial charge on any atom is -0.619 e. The van der Waals surface area contributed by atoms with Crippen molar-refractivity contribution >= 4 is 5.91 Å². The van der Waals surface area contributed by atoms with Crippen molar-refractivity contribution in [3.8, 4) is 0 Å². The zero-order chi connectivity index (χ0) is 13.9. The molecule has 1 aliphatic heterocycles. The Morgan fingerprint density at radius 3 is 2.55 bits per heavy atom. The second kappa shape index (κ2) is 5.33. The number of carbonyl (C=O) groups excluding carboxylic acids is 1. The van der Waals surface area contributed by atoms with Gasteiger partial charge in [-0.3, -0.25) is 4.79 Å². The average molecular weight is 268 g/mol. The highest BCUT2D eigenvalue weighted by Gasteiger charge is 2.30. The lowest BCUT2D eigenvalue weighted by Gasteiger charge is -2.25. The molecule has 1 aromatic heterocycles. The van der Waals surface area contributed by atoms with E-state index in [0.29, 0.717) is 10.3 Å². The van der Waals surface area contributed by atoms with Crippen LogP contribution in [0.5, 0.6) is 0 Å². The van der Waals surface area contributed by atoms with Gasteiger partial charge >= 0.3 is 0 Å². The van der Waals surface area contributed by atoms with E-state index in [-0.39, 0.29) is 11.9 Å². The number of aromatic nitrogens is 1. The number of hydrogen-bond acceptors (Lipinski definition) is 2. The number of rotatable bonds is 2. The summed E-state index contributed by atoms with van der Waals surface area (Å²) in [6.45, 7) is 0.769. The molecule has 102 valence electrons. The lowest BCUT2D eigenvalue weighted by atomic mass is 10.0. The summed E-state index contributed by atoms with van der Waals surface area (Å²) in [6.07, 6.45) is 4.73. The van der Waals surface area contributed by atoms with Crippen molar-refractivity contribution < 1.29 is 9.52 Å². The molecule has 1 amide bonds. The number of likely N-dealkylation sites (tertiary alicyclic amines) is 1. The third kappa shape index (κ3) is 2.37. The van der Waals surface area contributed by atoms with Crippen LogP contribution in [-0.2, 0) is 0 Å². The maximum atomic E-state index is 12.6. The Kier molecular flexibility index (Phi) is 3.37. The molecular weight excluding hydrogens is 252 g/mol. The molecule has 0 spiro atoms. The van der Waals surface area contributed by atoms with E-state index in [1.165, 1.54) is 18.0 Å². The predicted octanol–water partition coefficient (Wildman–Crippen LogP) is 2.30. The fourth-order valence-corrected chi connectivity index (χ4v) is 2.75. The summed E-state index contributed by atoms with van der Waals surface area (Å²) in [4.78, 5) is 14.5. The van der Waals surface area contributed by atoms with E-state index in [0.717, 1.165) is 19.4 Å². The van der Waals surface area contributed by atoms with Crippen molar-refractivity contribution in [1.29, 1.82) is 0 Å². The molecular formula is C16H16N2O2. The van der Waals surface area contributed by atoms with Gasteiger partial charge in [0.05, 0.1) is 11.6 Å². The van der Waals surface area contributed by atoms with Crippen LogP contribution < -0.4 is 4.73 Å². The Bertz CT molecular complexity index is 596. The van der Waals surface area contributed by atoms with Crippen LogP contribution >= 0.6 is 0 Å². The third-order valence-electron chi connectivity index (χ3n) is 3.75. The first-order valence-electron chi connectivity index (χ1n) is 6.80. The summed E-state index contributed by atoms with van der Waals surface area (Å²) < 4.78 is 0.690. The first-order valence-corrected chi connectivity index (χ1v) is 6.80. The summed E-state index contributed by atoms with van der Waals surface area (Å²) in [5.74, 6) is -0.00282. The molecule has 2 aromatic rings. The van der Waals surface area contributed by atoms with E-state index in [1.54, 1.807) is 12.1 Å². The van der Waals surface area contributed by atoms with Crippen LogP contribution in [0.15, 0.2) is 54.9 Å². The smallest absolute Gasteiger partial charge is 0.254 e. The van der Waals surface area contributed by atoms with Crippen LogP contribution in [0.3, 0.4) is 0 Å². The Morgan fingerprint density at radius 1 is 1.15 bits per heavy atom. The van der Waals surface area contributed by atoms with Crippen molar-refractivity contribution in [3.05, 3.63) is 71.2 Å². The standard InChI is InChI=1S/C16H16N2O2/c19-16(14-8-11-17(20)12-9-14)18-10-4-7-15(18)13-5-2-1-3-6-13/h1-3,5-6,8-9,11-12,15H,4,7,10H2. The molecule has 0 aliphatic carbocycles. The Labute approximate surface area is 117 Å². The lowest BCUT2D eigenvalue weighted by molar-refractivity contribution is -0.605. The topological polar surface area (TPSA) is 47.2 Å². The van der Waals surface area contributed by atoms with Crippen molar-refractivity contribution in [2.75, 3.05) is 6.54 Å². The van der Waals surface area contributed by atoms with Gasteiger partial charge in [-0.1, -0.05) is 30.3 Å². The van der Waals surface area contributed by atoms with Gasteiger partial charge in [0.1, 0.15) is 0 Å². The highest BCUT2D eigenvalue weighted by molar-refractivity contribution is 5.94. The van der Waals surface area contributed by atoms with Crippen molar-refractivity contribution in [3.63, 3.8) is 0 Å². The average Bonchev–Trinajstić information content (AvgIpc) is 2.97. The predicted molar refractivity (Wildman–Crippen MR) is 74.9 cm³/mol. The van der Waals surface area contributed by atoms with Crippen LogP contribution in [-0.4, -0.2) is 17.4 Å². The monoisotopic (exact) mass is 268 g/mol. The number of nitrogens with zero attached hydrogens (tertiary/aromatic N) is 2. The number of carbonyl (C=O) groups is 1. The molecule has 2 heterocycles. The molecule has 0 N–H and O–H groups in total. The molecule has 4 heteroatoms. The number of benzene rings is 1. The zero-order valence-corrected chi connectivity index (χ0v) is 11.1. The summed E-state index contributed by atoms with van der Waals surface area (Å²) in [5.41, 5.74) is 1.74. The summed E-state index contributed by atoms with van der Waals surface area (Å²) in [5, 5.41) is 11.0. The fraction of sp³-hybridized carbons (Fsp3) is 0.250. The van der Waals surface area contributed by atoms with E-state index >= 15 is 0 Å². The Morgan fingerprint density at radius 2 is 1.85 bits per heavy atom. The van der Waals surface area contributed by atoms with Gasteiger partial charge in [-0.25, -0.2) is 0 Å². The molecule has 1 unspecified atom stereocenters. The summed E-state index contributed by atoms with van der Waals surface area (Å²) in [7, 11) is 0. The molecule has 20 heavy (non-hydrogen) atoms. The van der Waals surface area contributed by atoms with Crippen molar-refractivity contribution in [2.24, 2.45) is 0 Å². The first-order chi connectivity index (χ1) is 9.75. The third-order valence-corrected chi connectivity index (χ3v) is 3.75. The molecule has 1 fully saturated rings. The van der Waals surface area contributed by atoms with Gasteiger partial charge in [-0.15, -0.1) is 0 Å². The van der Waals surface area contributed by atoms with Gasteiger partial charge in [-0.05, 0) is 18.4 Å². The second-order valence-corrected chi connectivity index (χ2v) is 5.01. The Hall–Kier alpha value is -2.36. The normalized spacial score (nSPS) is 18.2. The molecule has 4 nitrogen and oxygen atoms in total. The fourth-order valence-electron chi connectivity index (χ4n) is 2.75. The second-order valence-electron chi connectivity index (χ2n) is 5.01. The summed E-state index contributed by atoms with van der Waals surface area (Å²) in [6, 6.07) is 13.4. The quantitative estimate of drug-likeness (QED) is 0.620. The lowest BCUT2D eigenvalue weighted by Crippen LogP contribution is -2.32. The van der Waals surface area contributed by atoms with Crippen molar-refractivity contribution in [2.45, 2.75) is 18.9 Å². The molecule has 0 bridgehead atoms. The van der Waals surface area contributed by atoms with E-state index in [1.807, 2.05) is 23.1 Å². The van der Waals surface area contributed by atoms with Gasteiger partial charge in [0, 0.05) is 18.7 Å². The van der Waals surface area contributed by atoms with E-state index in [2.05, 4.69) is 12.1 Å². The zero-order valence-electron chi connectivity index (χ0n) is 11.1. The van der Waals surface area contributed by atoms with Gasteiger partial charge in [0.25, 0.3) is 5.91 Å². The highest BCUT2D eigenvalue weighted by Crippen LogP contribution is 2.32. The van der Waals surface area contributed by atoms with Gasteiger partial charge in [0.2, 0.25) is 0 Å². The Balaban J connectivity index is 1.85. The van der Waals surface area contributed by atoms with Crippen LogP contribution in [0.2, 0.25) is 0 Å². The molecule has 3 rings (SSSR count). The van der Waals surface area contributed by atoms with Gasteiger partial charge in [0.15, 0.2) is 12.4 Å². The van der Waals surface area contributed by atoms with Gasteiger partial charge in [-0.2, -0.15) is 4.73 Å². The van der Waals surface area contributed by atoms with Crippen LogP contribution in [0.1, 0.15) is 34.8 Å². The molecule has 0 radical (unpaired) electrons. The summed E-state index contributed by atoms with van der Waals surface area (Å²) >= 11 is 0. The maximum Gasteiger partial charge on any atom is 0.254 e. The molecule has 0 saturated carbocycles. The van der Waals surface area contributed by atoms with Crippen molar-refractivity contribution in [1.82, 2.24) is 4.90 Å². The largest absolute Gasteiger partial charge is 0.619 e.